The van der Waals surface area contributed by atoms with Gasteiger partial charge in [-0.05, 0) is 0 Å². The van der Waals surface area contributed by atoms with Gasteiger partial charge in [0, 0.05) is 13.8 Å². The van der Waals surface area contributed by atoms with Crippen LogP contribution in [-0.4, -0.2) is 170 Å². The SMILES string of the molecule is CC(=O)NC1[C@H](OC2[C@@H](O)[C@H](O[C@@H]3OC(CO)[C@@H](O)[C@H](O)C3NC(C)=O)C(CO)O[C@@H]2O)OC(CO)[C@@H](O)[C@@H]1O. The maximum absolute atomic E-state index is 11.7. The first kappa shape index (κ1) is 32.9. The maximum atomic E-state index is 11.7. The van der Waals surface area contributed by atoms with E-state index in [0.717, 1.165) is 13.8 Å². The summed E-state index contributed by atoms with van der Waals surface area (Å²) in [7, 11) is 0. The first-order valence-electron chi connectivity index (χ1n) is 12.6. The summed E-state index contributed by atoms with van der Waals surface area (Å²) in [6.07, 6.45) is -21.3. The van der Waals surface area contributed by atoms with E-state index in [1.165, 1.54) is 0 Å². The Labute approximate surface area is 228 Å². The van der Waals surface area contributed by atoms with Gasteiger partial charge in [-0.2, -0.15) is 0 Å². The quantitative estimate of drug-likeness (QED) is 0.120. The van der Waals surface area contributed by atoms with Crippen molar-refractivity contribution in [1.29, 1.82) is 0 Å². The zero-order valence-corrected chi connectivity index (χ0v) is 21.7. The van der Waals surface area contributed by atoms with Crippen molar-refractivity contribution in [2.45, 2.75) is 106 Å². The monoisotopic (exact) mass is 586 g/mol. The van der Waals surface area contributed by atoms with Gasteiger partial charge in [-0.3, -0.25) is 9.59 Å². The topological polar surface area (TPSA) is 286 Å². The summed E-state index contributed by atoms with van der Waals surface area (Å²) in [4.78, 5) is 23.4. The molecule has 232 valence electrons. The minimum atomic E-state index is -1.94. The third kappa shape index (κ3) is 7.05. The van der Waals surface area contributed by atoms with Crippen LogP contribution in [0.25, 0.3) is 0 Å². The summed E-state index contributed by atoms with van der Waals surface area (Å²) in [5.74, 6) is -1.31. The molecule has 0 aromatic heterocycles. The molecule has 40 heavy (non-hydrogen) atoms. The minimum Gasteiger partial charge on any atom is -0.394 e. The molecule has 3 aliphatic rings. The Morgan fingerprint density at radius 3 is 1.38 bits per heavy atom. The van der Waals surface area contributed by atoms with Gasteiger partial charge in [0.15, 0.2) is 18.9 Å². The minimum absolute atomic E-state index is 0.649. The molecule has 0 saturated carbocycles. The van der Waals surface area contributed by atoms with E-state index in [2.05, 4.69) is 10.6 Å². The van der Waals surface area contributed by atoms with E-state index in [9.17, 15) is 55.5 Å². The number of hydrogen-bond donors (Lipinski definition) is 11. The lowest BCUT2D eigenvalue weighted by atomic mass is 9.94. The van der Waals surface area contributed by atoms with Gasteiger partial charge in [-0.25, -0.2) is 0 Å². The Bertz CT molecular complexity index is 854. The third-order valence-electron chi connectivity index (χ3n) is 6.90. The van der Waals surface area contributed by atoms with Crippen molar-refractivity contribution in [1.82, 2.24) is 10.6 Å². The summed E-state index contributed by atoms with van der Waals surface area (Å²) >= 11 is 0. The van der Waals surface area contributed by atoms with Crippen LogP contribution in [0, 0.1) is 0 Å². The highest BCUT2D eigenvalue weighted by atomic mass is 16.7. The molecule has 3 heterocycles. The molecule has 0 aromatic carbocycles. The zero-order valence-electron chi connectivity index (χ0n) is 21.7. The number of carbonyl (C=O) groups excluding carboxylic acids is 2. The summed E-state index contributed by atoms with van der Waals surface area (Å²) in [5.41, 5.74) is 0. The first-order valence-corrected chi connectivity index (χ1v) is 12.6. The summed E-state index contributed by atoms with van der Waals surface area (Å²) in [6.45, 7) is -0.114. The van der Waals surface area contributed by atoms with Crippen molar-refractivity contribution in [3.63, 3.8) is 0 Å². The molecule has 3 aliphatic heterocycles. The number of amides is 2. The molecule has 3 fully saturated rings. The second kappa shape index (κ2) is 14.0. The number of rotatable bonds is 9. The predicted molar refractivity (Wildman–Crippen MR) is 124 cm³/mol. The van der Waals surface area contributed by atoms with Gasteiger partial charge < -0.3 is 80.3 Å². The second-order valence-corrected chi connectivity index (χ2v) is 9.81. The second-order valence-electron chi connectivity index (χ2n) is 9.81. The van der Waals surface area contributed by atoms with Gasteiger partial charge in [-0.1, -0.05) is 0 Å². The van der Waals surface area contributed by atoms with Crippen LogP contribution in [0.3, 0.4) is 0 Å². The van der Waals surface area contributed by atoms with Crippen LogP contribution in [0.5, 0.6) is 0 Å². The zero-order chi connectivity index (χ0) is 29.9. The van der Waals surface area contributed by atoms with E-state index in [1.54, 1.807) is 0 Å². The number of aliphatic hydroxyl groups excluding tert-OH is 9. The molecular formula is C22H38N2O16. The fraction of sp³-hybridized carbons (Fsp3) is 0.909. The Morgan fingerprint density at radius 1 is 0.600 bits per heavy atom. The molecule has 11 N–H and O–H groups in total. The molecule has 18 heteroatoms. The number of carbonyl (C=O) groups is 2. The number of hydrogen-bond acceptors (Lipinski definition) is 16. The van der Waals surface area contributed by atoms with Crippen LogP contribution in [0.15, 0.2) is 0 Å². The molecule has 0 radical (unpaired) electrons. The van der Waals surface area contributed by atoms with Crippen molar-refractivity contribution in [3.8, 4) is 0 Å². The molecule has 0 aliphatic carbocycles. The molecule has 0 aromatic rings. The molecule has 18 nitrogen and oxygen atoms in total. The molecule has 3 rings (SSSR count). The van der Waals surface area contributed by atoms with E-state index in [-0.39, 0.29) is 0 Å². The summed E-state index contributed by atoms with van der Waals surface area (Å²) in [6, 6.07) is -2.85. The molecule has 6 unspecified atom stereocenters. The van der Waals surface area contributed by atoms with Crippen LogP contribution < -0.4 is 10.6 Å². The Kier molecular flexibility index (Phi) is 11.5. The average Bonchev–Trinajstić information content (AvgIpc) is 2.90. The van der Waals surface area contributed by atoms with Crippen LogP contribution in [0.2, 0.25) is 0 Å². The fourth-order valence-corrected chi connectivity index (χ4v) is 4.86. The van der Waals surface area contributed by atoms with E-state index in [0.29, 0.717) is 0 Å². The van der Waals surface area contributed by atoms with Crippen molar-refractivity contribution < 1.29 is 79.2 Å². The number of ether oxygens (including phenoxy) is 5. The Balaban J connectivity index is 1.86. The highest BCUT2D eigenvalue weighted by Crippen LogP contribution is 2.32. The standard InChI is InChI=1S/C22H38N2O16/c1-6(28)23-11-15(32)13(30)8(3-25)37-21(11)39-18-10(5-27)36-20(35)19(17(18)34)40-22-12(24-7(2)29)16(33)14(31)9(4-26)38-22/h8-22,25-27,30-35H,3-5H2,1-2H3,(H,23,28)(H,24,29)/t8?,9?,10?,11?,12?,13-,14-,15-,16-,17+,18-,19?,20+,21+,22+/m1/s1. The summed E-state index contributed by atoms with van der Waals surface area (Å²) in [5, 5.41) is 96.7. The predicted octanol–water partition coefficient (Wildman–Crippen LogP) is -7.29. The van der Waals surface area contributed by atoms with Crippen molar-refractivity contribution in [2.75, 3.05) is 19.8 Å². The molecule has 0 bridgehead atoms. The van der Waals surface area contributed by atoms with E-state index < -0.39 is 124 Å². The molecular weight excluding hydrogens is 548 g/mol. The van der Waals surface area contributed by atoms with E-state index in [1.807, 2.05) is 0 Å². The van der Waals surface area contributed by atoms with Crippen molar-refractivity contribution in [2.24, 2.45) is 0 Å². The number of aliphatic hydroxyl groups is 9. The fourth-order valence-electron chi connectivity index (χ4n) is 4.86. The van der Waals surface area contributed by atoms with Gasteiger partial charge in [0.25, 0.3) is 0 Å². The maximum Gasteiger partial charge on any atom is 0.217 e. The molecule has 15 atom stereocenters. The van der Waals surface area contributed by atoms with Crippen LogP contribution in [0.1, 0.15) is 13.8 Å². The van der Waals surface area contributed by atoms with Crippen LogP contribution >= 0.6 is 0 Å². The highest BCUT2D eigenvalue weighted by Gasteiger charge is 2.54. The molecule has 2 amide bonds. The average molecular weight is 587 g/mol. The normalized spacial score (nSPS) is 46.0. The molecule has 0 spiro atoms. The van der Waals surface area contributed by atoms with E-state index >= 15 is 0 Å². The largest absolute Gasteiger partial charge is 0.394 e. The van der Waals surface area contributed by atoms with Crippen molar-refractivity contribution >= 4 is 11.8 Å². The third-order valence-corrected chi connectivity index (χ3v) is 6.90. The van der Waals surface area contributed by atoms with Crippen molar-refractivity contribution in [3.05, 3.63) is 0 Å². The Hall–Kier alpha value is -1.62. The lowest BCUT2D eigenvalue weighted by Gasteiger charge is -2.49. The van der Waals surface area contributed by atoms with Crippen LogP contribution in [-0.2, 0) is 33.3 Å². The van der Waals surface area contributed by atoms with Gasteiger partial charge >= 0.3 is 0 Å². The molecule has 3 saturated heterocycles. The lowest BCUT2D eigenvalue weighted by Crippen LogP contribution is -2.69. The van der Waals surface area contributed by atoms with Gasteiger partial charge in [0.1, 0.15) is 73.1 Å². The van der Waals surface area contributed by atoms with Gasteiger partial charge in [0.05, 0.1) is 19.8 Å². The van der Waals surface area contributed by atoms with Crippen LogP contribution in [0.4, 0.5) is 0 Å². The lowest BCUT2D eigenvalue weighted by molar-refractivity contribution is -0.369. The first-order chi connectivity index (χ1) is 18.8. The highest BCUT2D eigenvalue weighted by molar-refractivity contribution is 5.73. The Morgan fingerprint density at radius 2 is 1.00 bits per heavy atom. The van der Waals surface area contributed by atoms with Gasteiger partial charge in [0.2, 0.25) is 11.8 Å². The van der Waals surface area contributed by atoms with E-state index in [4.69, 9.17) is 23.7 Å². The van der Waals surface area contributed by atoms with Gasteiger partial charge in [-0.15, -0.1) is 0 Å². The summed E-state index contributed by atoms with van der Waals surface area (Å²) < 4.78 is 27.7. The smallest absolute Gasteiger partial charge is 0.217 e. The number of nitrogens with one attached hydrogen (secondary N) is 2.